The number of benzene rings is 1. The van der Waals surface area contributed by atoms with Gasteiger partial charge in [0.05, 0.1) is 0 Å². The highest BCUT2D eigenvalue weighted by atomic mass is 16.6. The Kier molecular flexibility index (Phi) is 4.23. The number of nitrogens with zero attached hydrogens (tertiary/aromatic N) is 5. The molecule has 0 saturated carbocycles. The van der Waals surface area contributed by atoms with Gasteiger partial charge in [0.25, 0.3) is 0 Å². The van der Waals surface area contributed by atoms with Crippen molar-refractivity contribution >= 4 is 17.5 Å². The minimum absolute atomic E-state index is 0.146. The standard InChI is InChI=1S/C15H17N7O2/c1-10-3-5-12(6-4-10)17-15-18-13(19-20-15)7-8-21-9-14(22(23)24)16-11(21)2/h3-6,9H,7-8H2,1-2H3,(H2,17,18,19,20). The first-order valence-corrected chi connectivity index (χ1v) is 7.44. The predicted molar refractivity (Wildman–Crippen MR) is 88.2 cm³/mol. The van der Waals surface area contributed by atoms with Crippen molar-refractivity contribution in [2.75, 3.05) is 5.32 Å². The van der Waals surface area contributed by atoms with Crippen molar-refractivity contribution in [3.05, 3.63) is 57.8 Å². The quantitative estimate of drug-likeness (QED) is 0.531. The molecular weight excluding hydrogens is 310 g/mol. The highest BCUT2D eigenvalue weighted by Gasteiger charge is 2.15. The van der Waals surface area contributed by atoms with E-state index in [0.717, 1.165) is 5.69 Å². The molecule has 9 heteroatoms. The number of nitrogens with one attached hydrogen (secondary N) is 2. The lowest BCUT2D eigenvalue weighted by molar-refractivity contribution is -0.389. The van der Waals surface area contributed by atoms with Crippen LogP contribution in [0.15, 0.2) is 30.5 Å². The lowest BCUT2D eigenvalue weighted by Gasteiger charge is -2.01. The smallest absolute Gasteiger partial charge is 0.358 e. The maximum atomic E-state index is 10.7. The third-order valence-corrected chi connectivity index (χ3v) is 3.58. The molecule has 0 unspecified atom stereocenters. The zero-order valence-electron chi connectivity index (χ0n) is 13.4. The third kappa shape index (κ3) is 3.57. The molecule has 0 aliphatic rings. The van der Waals surface area contributed by atoms with E-state index in [2.05, 4.69) is 25.5 Å². The van der Waals surface area contributed by atoms with Crippen LogP contribution in [0.1, 0.15) is 17.2 Å². The van der Waals surface area contributed by atoms with Crippen molar-refractivity contribution in [3.63, 3.8) is 0 Å². The van der Waals surface area contributed by atoms with Crippen LogP contribution in [0, 0.1) is 24.0 Å². The van der Waals surface area contributed by atoms with Gasteiger partial charge in [0.15, 0.2) is 0 Å². The van der Waals surface area contributed by atoms with E-state index < -0.39 is 4.92 Å². The Morgan fingerprint density at radius 2 is 2.00 bits per heavy atom. The molecule has 0 aliphatic heterocycles. The summed E-state index contributed by atoms with van der Waals surface area (Å²) in [5.41, 5.74) is 2.09. The number of rotatable bonds is 6. The number of aromatic amines is 1. The largest absolute Gasteiger partial charge is 0.381 e. The molecule has 0 saturated heterocycles. The summed E-state index contributed by atoms with van der Waals surface area (Å²) in [6.45, 7) is 4.29. The van der Waals surface area contributed by atoms with Crippen LogP contribution in [0.25, 0.3) is 0 Å². The van der Waals surface area contributed by atoms with E-state index in [1.807, 2.05) is 31.2 Å². The molecule has 0 amide bonds. The monoisotopic (exact) mass is 327 g/mol. The van der Waals surface area contributed by atoms with E-state index in [-0.39, 0.29) is 5.82 Å². The Labute approximate surface area is 137 Å². The molecule has 0 atom stereocenters. The molecule has 24 heavy (non-hydrogen) atoms. The van der Waals surface area contributed by atoms with Crippen LogP contribution in [-0.4, -0.2) is 29.7 Å². The topological polar surface area (TPSA) is 115 Å². The SMILES string of the molecule is Cc1ccc(Nc2n[nH]c(CCn3cc([N+](=O)[O-])nc3C)n2)cc1. The molecule has 0 aliphatic carbocycles. The highest BCUT2D eigenvalue weighted by Crippen LogP contribution is 2.14. The number of aromatic nitrogens is 5. The fourth-order valence-electron chi connectivity index (χ4n) is 2.26. The number of H-pyrrole nitrogens is 1. The van der Waals surface area contributed by atoms with Crippen LogP contribution in [0.5, 0.6) is 0 Å². The van der Waals surface area contributed by atoms with Gasteiger partial charge in [-0.25, -0.2) is 0 Å². The molecule has 1 aromatic carbocycles. The second-order valence-corrected chi connectivity index (χ2v) is 5.44. The first kappa shape index (κ1) is 15.7. The average Bonchev–Trinajstić information content (AvgIpc) is 3.14. The molecule has 0 bridgehead atoms. The zero-order valence-corrected chi connectivity index (χ0v) is 13.4. The van der Waals surface area contributed by atoms with Crippen LogP contribution in [0.3, 0.4) is 0 Å². The lowest BCUT2D eigenvalue weighted by atomic mass is 10.2. The summed E-state index contributed by atoms with van der Waals surface area (Å²) in [7, 11) is 0. The van der Waals surface area contributed by atoms with Crippen molar-refractivity contribution < 1.29 is 4.92 Å². The van der Waals surface area contributed by atoms with Crippen LogP contribution in [-0.2, 0) is 13.0 Å². The Bertz CT molecular complexity index is 851. The van der Waals surface area contributed by atoms with Crippen molar-refractivity contribution in [1.82, 2.24) is 24.7 Å². The summed E-state index contributed by atoms with van der Waals surface area (Å²) in [4.78, 5) is 18.5. The summed E-state index contributed by atoms with van der Waals surface area (Å²) < 4.78 is 1.73. The van der Waals surface area contributed by atoms with Gasteiger partial charge in [0, 0.05) is 25.6 Å². The maximum absolute atomic E-state index is 10.7. The molecule has 3 rings (SSSR count). The summed E-state index contributed by atoms with van der Waals surface area (Å²) >= 11 is 0. The van der Waals surface area contributed by atoms with Gasteiger partial charge in [-0.2, -0.15) is 4.98 Å². The minimum atomic E-state index is -0.498. The zero-order chi connectivity index (χ0) is 17.1. The molecule has 2 N–H and O–H groups in total. The molecule has 3 aromatic rings. The van der Waals surface area contributed by atoms with Gasteiger partial charge in [-0.05, 0) is 29.0 Å². The van der Waals surface area contributed by atoms with Crippen molar-refractivity contribution in [3.8, 4) is 0 Å². The van der Waals surface area contributed by atoms with E-state index in [4.69, 9.17) is 0 Å². The second-order valence-electron chi connectivity index (χ2n) is 5.44. The Morgan fingerprint density at radius 3 is 2.67 bits per heavy atom. The Morgan fingerprint density at radius 1 is 1.25 bits per heavy atom. The maximum Gasteiger partial charge on any atom is 0.381 e. The molecule has 0 fully saturated rings. The van der Waals surface area contributed by atoms with Crippen LogP contribution >= 0.6 is 0 Å². The molecule has 124 valence electrons. The van der Waals surface area contributed by atoms with Crippen LogP contribution in [0.2, 0.25) is 0 Å². The number of imidazole rings is 1. The molecule has 2 heterocycles. The average molecular weight is 327 g/mol. The number of hydrogen-bond donors (Lipinski definition) is 2. The van der Waals surface area contributed by atoms with Gasteiger partial charge >= 0.3 is 5.82 Å². The van der Waals surface area contributed by atoms with Gasteiger partial charge in [-0.1, -0.05) is 17.7 Å². The summed E-state index contributed by atoms with van der Waals surface area (Å²) in [6.07, 6.45) is 1.99. The van der Waals surface area contributed by atoms with Gasteiger partial charge in [-0.15, -0.1) is 5.10 Å². The predicted octanol–water partition coefficient (Wildman–Crippen LogP) is 2.51. The van der Waals surface area contributed by atoms with Gasteiger partial charge in [-0.3, -0.25) is 5.10 Å². The van der Waals surface area contributed by atoms with E-state index in [0.29, 0.717) is 30.6 Å². The third-order valence-electron chi connectivity index (χ3n) is 3.58. The Balaban J connectivity index is 1.62. The summed E-state index contributed by atoms with van der Waals surface area (Å²) in [5, 5.41) is 20.8. The highest BCUT2D eigenvalue weighted by molar-refractivity contribution is 5.53. The molecule has 0 spiro atoms. The van der Waals surface area contributed by atoms with Crippen LogP contribution < -0.4 is 5.32 Å². The fraction of sp³-hybridized carbons (Fsp3) is 0.267. The van der Waals surface area contributed by atoms with E-state index in [1.165, 1.54) is 11.8 Å². The van der Waals surface area contributed by atoms with E-state index in [9.17, 15) is 10.1 Å². The van der Waals surface area contributed by atoms with E-state index >= 15 is 0 Å². The Hall–Kier alpha value is -3.23. The lowest BCUT2D eigenvalue weighted by Crippen LogP contribution is -2.03. The van der Waals surface area contributed by atoms with Crippen molar-refractivity contribution in [2.24, 2.45) is 0 Å². The van der Waals surface area contributed by atoms with Crippen molar-refractivity contribution in [1.29, 1.82) is 0 Å². The van der Waals surface area contributed by atoms with Gasteiger partial charge < -0.3 is 20.0 Å². The second kappa shape index (κ2) is 6.49. The summed E-state index contributed by atoms with van der Waals surface area (Å²) in [5.74, 6) is 1.63. The number of nitro groups is 1. The molecular formula is C15H17N7O2. The molecule has 0 radical (unpaired) electrons. The molecule has 9 nitrogen and oxygen atoms in total. The number of aryl methyl sites for hydroxylation is 4. The van der Waals surface area contributed by atoms with Gasteiger partial charge in [0.2, 0.25) is 11.8 Å². The fourth-order valence-corrected chi connectivity index (χ4v) is 2.26. The van der Waals surface area contributed by atoms with Crippen LogP contribution in [0.4, 0.5) is 17.5 Å². The number of anilines is 2. The first-order chi connectivity index (χ1) is 11.5. The van der Waals surface area contributed by atoms with Crippen molar-refractivity contribution in [2.45, 2.75) is 26.8 Å². The van der Waals surface area contributed by atoms with E-state index in [1.54, 1.807) is 11.5 Å². The summed E-state index contributed by atoms with van der Waals surface area (Å²) in [6, 6.07) is 7.92. The number of hydrogen-bond acceptors (Lipinski definition) is 6. The first-order valence-electron chi connectivity index (χ1n) is 7.44. The minimum Gasteiger partial charge on any atom is -0.358 e. The molecule has 2 aromatic heterocycles. The van der Waals surface area contributed by atoms with Gasteiger partial charge in [0.1, 0.15) is 12.0 Å². The normalized spacial score (nSPS) is 10.8.